The number of allylic oxidation sites excluding steroid dienone is 9. The summed E-state index contributed by atoms with van der Waals surface area (Å²) in [5.74, 6) is -0.501. The van der Waals surface area contributed by atoms with Gasteiger partial charge in [-0.3, -0.25) is 13.8 Å². The standard InChI is InChI=1S/C49H87O12P/c1-3-5-7-9-11-13-15-17-19-21-22-23-24-26-28-30-32-34-36-38-43(50)60-42(41-59-62(56,57)61-49-47(54)45(52)44(51)46(53)48(49)55)40-58-39-37-35-33-31-29-27-25-20-18-16-14-12-10-8-6-4-2/h6,8,12,14,18,20,27,29,33,35,42,44-49,51-55H,3-5,7,9-11,13,15-17,19,21-26,28,30-32,34,36-41H2,1-2H3,(H,56,57)/b8-6-,14-12-,20-18-,29-27-,35-33-. The highest BCUT2D eigenvalue weighted by molar-refractivity contribution is 7.47. The number of carbonyl (C=O) groups excluding carboxylic acids is 1. The second kappa shape index (κ2) is 39.4. The Hall–Kier alpha value is -1.96. The van der Waals surface area contributed by atoms with Crippen LogP contribution in [0.15, 0.2) is 60.8 Å². The number of ether oxygens (including phenoxy) is 2. The molecule has 13 heteroatoms. The molecule has 1 rings (SSSR count). The molecule has 0 saturated heterocycles. The molecule has 0 aromatic carbocycles. The van der Waals surface area contributed by atoms with Crippen molar-refractivity contribution in [2.75, 3.05) is 19.8 Å². The smallest absolute Gasteiger partial charge is 0.457 e. The molecule has 0 heterocycles. The lowest BCUT2D eigenvalue weighted by molar-refractivity contribution is -0.220. The number of unbranched alkanes of at least 4 members (excludes halogenated alkanes) is 18. The summed E-state index contributed by atoms with van der Waals surface area (Å²) in [7, 11) is -5.04. The molecule has 6 atom stereocenters. The fourth-order valence-electron chi connectivity index (χ4n) is 7.13. The molecular formula is C49H87O12P. The van der Waals surface area contributed by atoms with Gasteiger partial charge < -0.3 is 39.9 Å². The number of aliphatic hydroxyl groups excluding tert-OH is 5. The van der Waals surface area contributed by atoms with E-state index >= 15 is 0 Å². The number of aliphatic hydroxyl groups is 5. The maximum absolute atomic E-state index is 12.8. The van der Waals surface area contributed by atoms with Crippen molar-refractivity contribution in [3.05, 3.63) is 60.8 Å². The van der Waals surface area contributed by atoms with Crippen molar-refractivity contribution < 1.29 is 58.3 Å². The first-order valence-electron chi connectivity index (χ1n) is 24.1. The van der Waals surface area contributed by atoms with E-state index in [-0.39, 0.29) is 13.0 Å². The third-order valence-electron chi connectivity index (χ3n) is 10.9. The van der Waals surface area contributed by atoms with Crippen LogP contribution in [0.1, 0.15) is 181 Å². The van der Waals surface area contributed by atoms with Crippen LogP contribution in [-0.2, 0) is 27.9 Å². The Morgan fingerprint density at radius 1 is 0.532 bits per heavy atom. The maximum atomic E-state index is 12.8. The highest BCUT2D eigenvalue weighted by Gasteiger charge is 2.51. The zero-order chi connectivity index (χ0) is 45.5. The van der Waals surface area contributed by atoms with Gasteiger partial charge in [-0.15, -0.1) is 0 Å². The second-order valence-corrected chi connectivity index (χ2v) is 18.0. The van der Waals surface area contributed by atoms with E-state index in [1.807, 2.05) is 12.2 Å². The van der Waals surface area contributed by atoms with Crippen LogP contribution >= 0.6 is 7.82 Å². The normalized spacial score (nSPS) is 22.5. The number of esters is 1. The van der Waals surface area contributed by atoms with Gasteiger partial charge >= 0.3 is 13.8 Å². The highest BCUT2D eigenvalue weighted by Crippen LogP contribution is 2.47. The Balaban J connectivity index is 2.41. The monoisotopic (exact) mass is 899 g/mol. The van der Waals surface area contributed by atoms with Crippen molar-refractivity contribution in [1.29, 1.82) is 0 Å². The van der Waals surface area contributed by atoms with E-state index in [1.54, 1.807) is 0 Å². The van der Waals surface area contributed by atoms with E-state index in [0.717, 1.165) is 51.4 Å². The lowest BCUT2D eigenvalue weighted by Gasteiger charge is -2.41. The summed E-state index contributed by atoms with van der Waals surface area (Å²) < 4.78 is 34.1. The predicted octanol–water partition coefficient (Wildman–Crippen LogP) is 10.2. The number of hydrogen-bond donors (Lipinski definition) is 6. The van der Waals surface area contributed by atoms with E-state index in [1.165, 1.54) is 96.3 Å². The lowest BCUT2D eigenvalue weighted by atomic mass is 9.85. The molecule has 0 aliphatic heterocycles. The quantitative estimate of drug-likeness (QED) is 0.0148. The van der Waals surface area contributed by atoms with Gasteiger partial charge in [-0.25, -0.2) is 4.57 Å². The summed E-state index contributed by atoms with van der Waals surface area (Å²) in [5, 5.41) is 50.2. The Labute approximate surface area is 375 Å². The topological polar surface area (TPSA) is 192 Å². The molecule has 62 heavy (non-hydrogen) atoms. The number of carbonyl (C=O) groups is 1. The lowest BCUT2D eigenvalue weighted by Crippen LogP contribution is -2.64. The fraction of sp³-hybridized carbons (Fsp3) is 0.776. The zero-order valence-corrected chi connectivity index (χ0v) is 39.3. The van der Waals surface area contributed by atoms with Gasteiger partial charge in [-0.1, -0.05) is 190 Å². The van der Waals surface area contributed by atoms with Crippen LogP contribution in [0.3, 0.4) is 0 Å². The summed E-state index contributed by atoms with van der Waals surface area (Å²) in [6.07, 6.45) is 37.4. The van der Waals surface area contributed by atoms with E-state index < -0.39 is 63.1 Å². The molecule has 0 amide bonds. The van der Waals surface area contributed by atoms with Gasteiger partial charge in [0.1, 0.15) is 42.7 Å². The molecule has 0 spiro atoms. The van der Waals surface area contributed by atoms with Crippen molar-refractivity contribution >= 4 is 13.8 Å². The first-order valence-corrected chi connectivity index (χ1v) is 25.6. The van der Waals surface area contributed by atoms with Crippen molar-refractivity contribution in [2.45, 2.75) is 224 Å². The molecule has 1 saturated carbocycles. The molecule has 1 fully saturated rings. The van der Waals surface area contributed by atoms with Gasteiger partial charge in [-0.2, -0.15) is 0 Å². The maximum Gasteiger partial charge on any atom is 0.472 e. The van der Waals surface area contributed by atoms with Crippen LogP contribution in [0.5, 0.6) is 0 Å². The van der Waals surface area contributed by atoms with Crippen molar-refractivity contribution in [3.8, 4) is 0 Å². The SMILES string of the molecule is CC/C=C\C/C=C\C/C=C\C/C=C\C/C=C\CCOCC(COP(=O)(O)OC1C(O)C(O)C(O)C(O)C1O)OC(=O)CCCCCCCCCCCCCCCCCCCCC. The summed E-state index contributed by atoms with van der Waals surface area (Å²) in [6.45, 7) is 3.95. The van der Waals surface area contributed by atoms with E-state index in [2.05, 4.69) is 62.5 Å². The minimum atomic E-state index is -5.04. The van der Waals surface area contributed by atoms with Gasteiger partial charge in [0.05, 0.1) is 19.8 Å². The molecule has 1 aliphatic carbocycles. The van der Waals surface area contributed by atoms with Crippen molar-refractivity contribution in [2.24, 2.45) is 0 Å². The molecule has 0 aromatic heterocycles. The van der Waals surface area contributed by atoms with Gasteiger partial charge in [-0.05, 0) is 44.9 Å². The minimum absolute atomic E-state index is 0.131. The second-order valence-electron chi connectivity index (χ2n) is 16.6. The predicted molar refractivity (Wildman–Crippen MR) is 248 cm³/mol. The van der Waals surface area contributed by atoms with Gasteiger partial charge in [0.25, 0.3) is 0 Å². The third kappa shape index (κ3) is 31.0. The summed E-state index contributed by atoms with van der Waals surface area (Å²) in [5.41, 5.74) is 0. The van der Waals surface area contributed by atoms with Crippen LogP contribution in [0.2, 0.25) is 0 Å². The Morgan fingerprint density at radius 3 is 1.35 bits per heavy atom. The number of phosphoric ester groups is 1. The fourth-order valence-corrected chi connectivity index (χ4v) is 8.10. The van der Waals surface area contributed by atoms with E-state index in [4.69, 9.17) is 18.5 Å². The minimum Gasteiger partial charge on any atom is -0.457 e. The zero-order valence-electron chi connectivity index (χ0n) is 38.4. The summed E-state index contributed by atoms with van der Waals surface area (Å²) in [6, 6.07) is 0. The van der Waals surface area contributed by atoms with E-state index in [9.17, 15) is 39.8 Å². The Morgan fingerprint density at radius 2 is 0.919 bits per heavy atom. The number of hydrogen-bond acceptors (Lipinski definition) is 11. The van der Waals surface area contributed by atoms with Crippen LogP contribution in [0.25, 0.3) is 0 Å². The molecule has 360 valence electrons. The van der Waals surface area contributed by atoms with Crippen molar-refractivity contribution in [1.82, 2.24) is 0 Å². The first kappa shape index (κ1) is 58.1. The average molecular weight is 899 g/mol. The molecule has 0 aromatic rings. The highest BCUT2D eigenvalue weighted by atomic mass is 31.2. The first-order chi connectivity index (χ1) is 30.0. The number of phosphoric acid groups is 1. The molecule has 6 N–H and O–H groups in total. The average Bonchev–Trinajstić information content (AvgIpc) is 3.26. The largest absolute Gasteiger partial charge is 0.472 e. The number of rotatable bonds is 40. The summed E-state index contributed by atoms with van der Waals surface area (Å²) >= 11 is 0. The third-order valence-corrected chi connectivity index (χ3v) is 11.9. The van der Waals surface area contributed by atoms with Gasteiger partial charge in [0, 0.05) is 6.42 Å². The molecule has 0 radical (unpaired) electrons. The molecule has 0 bridgehead atoms. The van der Waals surface area contributed by atoms with Crippen LogP contribution in [-0.4, -0.2) is 98.9 Å². The molecule has 12 nitrogen and oxygen atoms in total. The van der Waals surface area contributed by atoms with E-state index in [0.29, 0.717) is 19.4 Å². The van der Waals surface area contributed by atoms with Gasteiger partial charge in [0.15, 0.2) is 0 Å². The molecule has 6 unspecified atom stereocenters. The van der Waals surface area contributed by atoms with Crippen molar-refractivity contribution in [3.63, 3.8) is 0 Å². The molecule has 1 aliphatic rings. The van der Waals surface area contributed by atoms with Crippen LogP contribution in [0.4, 0.5) is 0 Å². The van der Waals surface area contributed by atoms with Gasteiger partial charge in [0.2, 0.25) is 0 Å². The Kier molecular flexibility index (Phi) is 36.9. The summed E-state index contributed by atoms with van der Waals surface area (Å²) in [4.78, 5) is 23.2. The Bertz CT molecular complexity index is 1250. The van der Waals surface area contributed by atoms with Crippen LogP contribution < -0.4 is 0 Å². The molecular weight excluding hydrogens is 812 g/mol. The van der Waals surface area contributed by atoms with Crippen LogP contribution in [0, 0.1) is 0 Å².